The minimum Gasteiger partial charge on any atom is -0.316 e. The molecule has 1 aromatic rings. The van der Waals surface area contributed by atoms with Crippen LogP contribution in [0.1, 0.15) is 25.8 Å². The zero-order valence-corrected chi connectivity index (χ0v) is 15.2. The molecule has 0 amide bonds. The monoisotopic (exact) mass is 374 g/mol. The summed E-state index contributed by atoms with van der Waals surface area (Å²) in [5, 5.41) is 3.06. The third-order valence-electron chi connectivity index (χ3n) is 3.83. The highest BCUT2D eigenvalue weighted by molar-refractivity contribution is 9.10. The molecule has 0 saturated carbocycles. The number of piperidine rings is 1. The maximum atomic E-state index is 12.8. The smallest absolute Gasteiger partial charge is 0.244 e. The van der Waals surface area contributed by atoms with Gasteiger partial charge < -0.3 is 5.32 Å². The fourth-order valence-corrected chi connectivity index (χ4v) is 5.77. The first kappa shape index (κ1) is 16.9. The molecule has 1 N–H and O–H groups in total. The molecule has 0 aromatic heterocycles. The van der Waals surface area contributed by atoms with Crippen molar-refractivity contribution in [3.63, 3.8) is 0 Å². The topological polar surface area (TPSA) is 49.4 Å². The van der Waals surface area contributed by atoms with Gasteiger partial charge in [0.25, 0.3) is 0 Å². The summed E-state index contributed by atoms with van der Waals surface area (Å²) >= 11 is 3.42. The molecule has 1 fully saturated rings. The van der Waals surface area contributed by atoms with Gasteiger partial charge in [-0.25, -0.2) is 8.42 Å². The summed E-state index contributed by atoms with van der Waals surface area (Å²) in [4.78, 5) is 0.364. The normalized spacial score (nSPS) is 24.2. The maximum Gasteiger partial charge on any atom is 0.244 e. The van der Waals surface area contributed by atoms with Crippen LogP contribution in [0.4, 0.5) is 0 Å². The largest absolute Gasteiger partial charge is 0.316 e. The lowest BCUT2D eigenvalue weighted by molar-refractivity contribution is 0.222. The van der Waals surface area contributed by atoms with Crippen LogP contribution in [0.5, 0.6) is 0 Å². The van der Waals surface area contributed by atoms with E-state index in [-0.39, 0.29) is 0 Å². The zero-order valence-electron chi connectivity index (χ0n) is 12.8. The van der Waals surface area contributed by atoms with Crippen LogP contribution in [0.3, 0.4) is 0 Å². The van der Waals surface area contributed by atoms with Gasteiger partial charge in [0.1, 0.15) is 0 Å². The lowest BCUT2D eigenvalue weighted by Crippen LogP contribution is -2.42. The molecule has 4 nitrogen and oxygen atoms in total. The Bertz CT molecular complexity index is 594. The fourth-order valence-electron chi connectivity index (χ4n) is 3.01. The van der Waals surface area contributed by atoms with Crippen LogP contribution in [-0.2, 0) is 16.6 Å². The van der Waals surface area contributed by atoms with Crippen molar-refractivity contribution in [2.45, 2.75) is 31.7 Å². The van der Waals surface area contributed by atoms with Gasteiger partial charge in [0.15, 0.2) is 0 Å². The van der Waals surface area contributed by atoms with Gasteiger partial charge in [0.2, 0.25) is 10.0 Å². The summed E-state index contributed by atoms with van der Waals surface area (Å²) < 4.78 is 28.0. The summed E-state index contributed by atoms with van der Waals surface area (Å²) in [6, 6.07) is 5.45. The van der Waals surface area contributed by atoms with Gasteiger partial charge in [-0.3, -0.25) is 0 Å². The maximum absolute atomic E-state index is 12.8. The number of halogens is 1. The van der Waals surface area contributed by atoms with Crippen LogP contribution in [0, 0.1) is 11.8 Å². The molecule has 0 radical (unpaired) electrons. The number of hydrogen-bond donors (Lipinski definition) is 1. The van der Waals surface area contributed by atoms with Crippen LogP contribution >= 0.6 is 15.9 Å². The lowest BCUT2D eigenvalue weighted by atomic mass is 9.94. The van der Waals surface area contributed by atoms with Crippen molar-refractivity contribution in [3.05, 3.63) is 28.2 Å². The molecule has 1 heterocycles. The molecule has 2 rings (SSSR count). The molecule has 0 bridgehead atoms. The molecule has 1 aliphatic heterocycles. The Morgan fingerprint density at radius 3 is 2.43 bits per heavy atom. The molecule has 2 atom stereocenters. The average Bonchev–Trinajstić information content (AvgIpc) is 2.37. The predicted molar refractivity (Wildman–Crippen MR) is 88.6 cm³/mol. The van der Waals surface area contributed by atoms with E-state index < -0.39 is 10.0 Å². The number of nitrogens with zero attached hydrogens (tertiary/aromatic N) is 1. The van der Waals surface area contributed by atoms with E-state index in [4.69, 9.17) is 0 Å². The minimum atomic E-state index is -3.42. The Labute approximate surface area is 136 Å². The Balaban J connectivity index is 2.31. The molecular formula is C15H23BrN2O2S. The average molecular weight is 375 g/mol. The molecular weight excluding hydrogens is 352 g/mol. The summed E-state index contributed by atoms with van der Waals surface area (Å²) in [7, 11) is -1.55. The van der Waals surface area contributed by atoms with E-state index in [1.807, 2.05) is 19.2 Å². The molecule has 1 aliphatic rings. The van der Waals surface area contributed by atoms with Crippen molar-refractivity contribution in [2.75, 3.05) is 20.1 Å². The van der Waals surface area contributed by atoms with E-state index in [9.17, 15) is 8.42 Å². The van der Waals surface area contributed by atoms with Crippen LogP contribution in [0.25, 0.3) is 0 Å². The van der Waals surface area contributed by atoms with Crippen molar-refractivity contribution in [1.82, 2.24) is 9.62 Å². The Hall–Kier alpha value is -0.430. The summed E-state index contributed by atoms with van der Waals surface area (Å²) in [6.45, 7) is 6.16. The van der Waals surface area contributed by atoms with E-state index in [1.54, 1.807) is 10.4 Å². The van der Waals surface area contributed by atoms with Crippen LogP contribution in [0.15, 0.2) is 27.6 Å². The van der Waals surface area contributed by atoms with Crippen molar-refractivity contribution in [1.29, 1.82) is 0 Å². The lowest BCUT2D eigenvalue weighted by Gasteiger charge is -2.34. The van der Waals surface area contributed by atoms with Crippen molar-refractivity contribution >= 4 is 26.0 Å². The van der Waals surface area contributed by atoms with E-state index >= 15 is 0 Å². The first-order valence-corrected chi connectivity index (χ1v) is 9.51. The predicted octanol–water partition coefficient (Wildman–Crippen LogP) is 2.84. The van der Waals surface area contributed by atoms with E-state index in [2.05, 4.69) is 35.1 Å². The quantitative estimate of drug-likeness (QED) is 0.881. The molecule has 0 aliphatic carbocycles. The third-order valence-corrected chi connectivity index (χ3v) is 6.64. The molecule has 118 valence electrons. The van der Waals surface area contributed by atoms with Gasteiger partial charge in [0, 0.05) is 24.1 Å². The summed E-state index contributed by atoms with van der Waals surface area (Å²) in [5.74, 6) is 0.816. The fraction of sp³-hybridized carbons (Fsp3) is 0.600. The number of benzene rings is 1. The summed E-state index contributed by atoms with van der Waals surface area (Å²) in [6.07, 6.45) is 1.09. The molecule has 21 heavy (non-hydrogen) atoms. The van der Waals surface area contributed by atoms with Gasteiger partial charge in [-0.1, -0.05) is 19.9 Å². The van der Waals surface area contributed by atoms with E-state index in [0.29, 0.717) is 34.3 Å². The Kier molecular flexibility index (Phi) is 5.46. The second kappa shape index (κ2) is 6.77. The van der Waals surface area contributed by atoms with Crippen molar-refractivity contribution in [2.24, 2.45) is 11.8 Å². The van der Waals surface area contributed by atoms with Crippen LogP contribution in [0.2, 0.25) is 0 Å². The number of rotatable bonds is 4. The Morgan fingerprint density at radius 2 is 1.90 bits per heavy atom. The Morgan fingerprint density at radius 1 is 1.29 bits per heavy atom. The second-order valence-corrected chi connectivity index (χ2v) is 8.82. The van der Waals surface area contributed by atoms with Crippen molar-refractivity contribution in [3.8, 4) is 0 Å². The van der Waals surface area contributed by atoms with Crippen molar-refractivity contribution < 1.29 is 8.42 Å². The molecule has 1 aromatic carbocycles. The number of hydrogen-bond acceptors (Lipinski definition) is 3. The number of nitrogens with one attached hydrogen (secondary N) is 1. The summed E-state index contributed by atoms with van der Waals surface area (Å²) in [5.41, 5.74) is 1.06. The second-order valence-electron chi connectivity index (χ2n) is 6.06. The van der Waals surface area contributed by atoms with Gasteiger partial charge in [-0.2, -0.15) is 4.31 Å². The SMILES string of the molecule is CNCc1ccc(S(=O)(=O)N2CC(C)CC(C)C2)c(Br)c1. The van der Waals surface area contributed by atoms with Gasteiger partial charge in [-0.15, -0.1) is 0 Å². The zero-order chi connectivity index (χ0) is 15.6. The molecule has 1 saturated heterocycles. The third kappa shape index (κ3) is 3.86. The molecule has 0 spiro atoms. The number of sulfonamides is 1. The highest BCUT2D eigenvalue weighted by Gasteiger charge is 2.32. The van der Waals surface area contributed by atoms with E-state index in [1.165, 1.54) is 0 Å². The minimum absolute atomic E-state index is 0.364. The van der Waals surface area contributed by atoms with Crippen LogP contribution in [-0.4, -0.2) is 32.9 Å². The van der Waals surface area contributed by atoms with E-state index in [0.717, 1.165) is 18.5 Å². The highest BCUT2D eigenvalue weighted by Crippen LogP contribution is 2.30. The van der Waals surface area contributed by atoms with Gasteiger partial charge in [-0.05, 0) is 58.9 Å². The molecule has 2 unspecified atom stereocenters. The standard InChI is InChI=1S/C15H23BrN2O2S/c1-11-6-12(2)10-18(9-11)21(19,20)15-5-4-13(8-17-3)7-14(15)16/h4-5,7,11-12,17H,6,8-10H2,1-3H3. The first-order valence-electron chi connectivity index (χ1n) is 7.27. The highest BCUT2D eigenvalue weighted by atomic mass is 79.9. The van der Waals surface area contributed by atoms with Gasteiger partial charge >= 0.3 is 0 Å². The molecule has 6 heteroatoms. The first-order chi connectivity index (χ1) is 9.84. The van der Waals surface area contributed by atoms with Gasteiger partial charge in [0.05, 0.1) is 4.90 Å². The van der Waals surface area contributed by atoms with Crippen LogP contribution < -0.4 is 5.32 Å².